The highest BCUT2D eigenvalue weighted by molar-refractivity contribution is 5.17. The van der Waals surface area contributed by atoms with Crippen molar-refractivity contribution in [2.45, 2.75) is 45.2 Å². The molecule has 9 heteroatoms. The first-order chi connectivity index (χ1) is 16.0. The zero-order valence-electron chi connectivity index (χ0n) is 19.7. The number of benzene rings is 2. The van der Waals surface area contributed by atoms with E-state index in [1.54, 1.807) is 7.05 Å². The van der Waals surface area contributed by atoms with E-state index >= 15 is 0 Å². The van der Waals surface area contributed by atoms with Crippen LogP contribution >= 0.6 is 0 Å². The van der Waals surface area contributed by atoms with Crippen LogP contribution in [0.3, 0.4) is 0 Å². The van der Waals surface area contributed by atoms with Crippen LogP contribution in [0.2, 0.25) is 0 Å². The molecule has 0 heterocycles. The maximum atomic E-state index is 11.9. The summed E-state index contributed by atoms with van der Waals surface area (Å²) in [5, 5.41) is 13.8. The quantitative estimate of drug-likeness (QED) is 0.266. The minimum absolute atomic E-state index is 0.211. The zero-order valence-corrected chi connectivity index (χ0v) is 19.7. The van der Waals surface area contributed by atoms with E-state index in [-0.39, 0.29) is 31.1 Å². The first kappa shape index (κ1) is 25.9. The van der Waals surface area contributed by atoms with Gasteiger partial charge >= 0.3 is 0 Å². The third kappa shape index (κ3) is 8.96. The van der Waals surface area contributed by atoms with Crippen molar-refractivity contribution in [1.29, 1.82) is 0 Å². The van der Waals surface area contributed by atoms with Crippen LogP contribution in [-0.4, -0.2) is 53.8 Å². The van der Waals surface area contributed by atoms with Gasteiger partial charge in [-0.2, -0.15) is 0 Å². The maximum absolute atomic E-state index is 11.9. The number of rotatable bonds is 16. The zero-order chi connectivity index (χ0) is 24.1. The van der Waals surface area contributed by atoms with Crippen molar-refractivity contribution < 1.29 is 0 Å². The van der Waals surface area contributed by atoms with Crippen molar-refractivity contribution in [1.82, 2.24) is 15.0 Å². The smallest absolute Gasteiger partial charge is 0.0735 e. The van der Waals surface area contributed by atoms with E-state index in [1.807, 2.05) is 74.5 Å². The van der Waals surface area contributed by atoms with E-state index in [1.165, 1.54) is 15.0 Å². The Morgan fingerprint density at radius 3 is 1.82 bits per heavy atom. The number of hydrogen-bond acceptors (Lipinski definition) is 6. The van der Waals surface area contributed by atoms with E-state index in [2.05, 4.69) is 15.9 Å². The van der Waals surface area contributed by atoms with Gasteiger partial charge in [0.05, 0.1) is 41.0 Å². The summed E-state index contributed by atoms with van der Waals surface area (Å²) < 4.78 is 0. The first-order valence-corrected chi connectivity index (χ1v) is 11.3. The van der Waals surface area contributed by atoms with Crippen molar-refractivity contribution in [3.63, 3.8) is 0 Å². The van der Waals surface area contributed by atoms with E-state index < -0.39 is 0 Å². The number of nitroso groups, excluding NO2 is 3. The van der Waals surface area contributed by atoms with Crippen molar-refractivity contribution in [3.05, 3.63) is 86.5 Å². The molecule has 178 valence electrons. The fraction of sp³-hybridized carbons (Fsp3) is 0.500. The molecule has 0 saturated carbocycles. The van der Waals surface area contributed by atoms with Crippen LogP contribution in [0.4, 0.5) is 0 Å². The average molecular weight is 455 g/mol. The van der Waals surface area contributed by atoms with Gasteiger partial charge in [0.2, 0.25) is 0 Å². The van der Waals surface area contributed by atoms with Gasteiger partial charge < -0.3 is 0 Å². The second-order valence-corrected chi connectivity index (χ2v) is 8.73. The molecule has 0 aromatic heterocycles. The molecule has 2 aromatic rings. The van der Waals surface area contributed by atoms with Crippen molar-refractivity contribution in [3.8, 4) is 0 Å². The summed E-state index contributed by atoms with van der Waals surface area (Å²) in [7, 11) is 1.57. The SMILES string of the molecule is CC(C)C[C@@H](CN(C)N=O)N(C[C@H](Cc1ccccc1)N(CCc1ccccc1)N=O)N=O. The molecule has 0 amide bonds. The van der Waals surface area contributed by atoms with E-state index in [9.17, 15) is 14.7 Å². The Morgan fingerprint density at radius 2 is 1.30 bits per heavy atom. The van der Waals surface area contributed by atoms with Crippen molar-refractivity contribution in [2.24, 2.45) is 21.8 Å². The van der Waals surface area contributed by atoms with Gasteiger partial charge in [0.25, 0.3) is 0 Å². The fourth-order valence-corrected chi connectivity index (χ4v) is 3.97. The lowest BCUT2D eigenvalue weighted by Crippen LogP contribution is -2.47. The third-order valence-electron chi connectivity index (χ3n) is 5.59. The monoisotopic (exact) mass is 454 g/mol. The summed E-state index contributed by atoms with van der Waals surface area (Å²) in [5.41, 5.74) is 2.14. The molecule has 0 N–H and O–H groups in total. The molecule has 0 aliphatic carbocycles. The Bertz CT molecular complexity index is 837. The summed E-state index contributed by atoms with van der Waals surface area (Å²) in [6.45, 7) is 4.99. The third-order valence-corrected chi connectivity index (χ3v) is 5.59. The van der Waals surface area contributed by atoms with Crippen LogP contribution < -0.4 is 0 Å². The van der Waals surface area contributed by atoms with Gasteiger partial charge in [0.1, 0.15) is 0 Å². The van der Waals surface area contributed by atoms with E-state index in [4.69, 9.17) is 0 Å². The lowest BCUT2D eigenvalue weighted by atomic mass is 10.0. The van der Waals surface area contributed by atoms with Gasteiger partial charge in [0, 0.05) is 13.6 Å². The molecular weight excluding hydrogens is 420 g/mol. The predicted molar refractivity (Wildman–Crippen MR) is 131 cm³/mol. The topological polar surface area (TPSA) is 98.0 Å². The molecule has 0 unspecified atom stereocenters. The Balaban J connectivity index is 2.24. The molecule has 2 atom stereocenters. The Hall–Kier alpha value is -3.36. The number of likely N-dealkylation sites (N-methyl/N-ethyl adjacent to an activating group) is 1. The molecule has 2 rings (SSSR count). The average Bonchev–Trinajstić information content (AvgIpc) is 2.83. The minimum atomic E-state index is -0.365. The molecular formula is C24H34N6O3. The first-order valence-electron chi connectivity index (χ1n) is 11.3. The van der Waals surface area contributed by atoms with Gasteiger partial charge in [-0.05, 0) is 36.3 Å². The molecule has 0 saturated heterocycles. The number of nitrogens with zero attached hydrogens (tertiary/aromatic N) is 6. The molecule has 0 aliphatic heterocycles. The molecule has 0 radical (unpaired) electrons. The Morgan fingerprint density at radius 1 is 0.727 bits per heavy atom. The summed E-state index contributed by atoms with van der Waals surface area (Å²) in [6.07, 6.45) is 1.84. The highest BCUT2D eigenvalue weighted by Gasteiger charge is 2.28. The molecule has 33 heavy (non-hydrogen) atoms. The van der Waals surface area contributed by atoms with Crippen LogP contribution in [-0.2, 0) is 12.8 Å². The fourth-order valence-electron chi connectivity index (χ4n) is 3.97. The molecule has 0 aliphatic rings. The Labute approximate surface area is 195 Å². The van der Waals surface area contributed by atoms with E-state index in [0.29, 0.717) is 25.8 Å². The van der Waals surface area contributed by atoms with Crippen LogP contribution in [0, 0.1) is 20.6 Å². The van der Waals surface area contributed by atoms with Crippen LogP contribution in [0.1, 0.15) is 31.4 Å². The van der Waals surface area contributed by atoms with Crippen LogP contribution in [0.5, 0.6) is 0 Å². The van der Waals surface area contributed by atoms with Crippen molar-refractivity contribution in [2.75, 3.05) is 26.7 Å². The molecule has 0 spiro atoms. The molecule has 9 nitrogen and oxygen atoms in total. The Kier molecular flexibility index (Phi) is 10.9. The summed E-state index contributed by atoms with van der Waals surface area (Å²) in [5.74, 6) is 0.283. The molecule has 0 bridgehead atoms. The molecule has 2 aromatic carbocycles. The second kappa shape index (κ2) is 13.9. The summed E-state index contributed by atoms with van der Waals surface area (Å²) in [4.78, 5) is 34.7. The lowest BCUT2D eigenvalue weighted by molar-refractivity contribution is 0.0853. The summed E-state index contributed by atoms with van der Waals surface area (Å²) in [6, 6.07) is 19.0. The van der Waals surface area contributed by atoms with Crippen LogP contribution in [0.25, 0.3) is 0 Å². The highest BCUT2D eigenvalue weighted by Crippen LogP contribution is 2.19. The molecule has 0 fully saturated rings. The maximum Gasteiger partial charge on any atom is 0.0735 e. The van der Waals surface area contributed by atoms with Gasteiger partial charge in [-0.25, -0.2) is 0 Å². The second-order valence-electron chi connectivity index (χ2n) is 8.73. The minimum Gasteiger partial charge on any atom is -0.262 e. The van der Waals surface area contributed by atoms with Crippen molar-refractivity contribution >= 4 is 0 Å². The van der Waals surface area contributed by atoms with Gasteiger partial charge in [-0.3, -0.25) is 15.0 Å². The number of hydrogen-bond donors (Lipinski definition) is 0. The normalized spacial score (nSPS) is 12.6. The van der Waals surface area contributed by atoms with Gasteiger partial charge in [-0.1, -0.05) is 74.5 Å². The van der Waals surface area contributed by atoms with Gasteiger partial charge in [0.15, 0.2) is 0 Å². The standard InChI is InChI=1S/C24H34N6O3/c1-20(2)16-23(18-28(3)25-31)30(27-33)19-24(17-22-12-8-5-9-13-22)29(26-32)15-14-21-10-6-4-7-11-21/h4-13,20,23-24H,14-19H2,1-3H3/t23-,24-/m0/s1. The van der Waals surface area contributed by atoms with E-state index in [0.717, 1.165) is 11.1 Å². The largest absolute Gasteiger partial charge is 0.262 e. The highest BCUT2D eigenvalue weighted by atomic mass is 16.3. The predicted octanol–water partition coefficient (Wildman–Crippen LogP) is 4.84. The van der Waals surface area contributed by atoms with Crippen LogP contribution in [0.15, 0.2) is 76.5 Å². The van der Waals surface area contributed by atoms with Gasteiger partial charge in [-0.15, -0.1) is 14.7 Å². The summed E-state index contributed by atoms with van der Waals surface area (Å²) >= 11 is 0. The lowest BCUT2D eigenvalue weighted by Gasteiger charge is -2.34.